The van der Waals surface area contributed by atoms with Crippen molar-refractivity contribution in [2.45, 2.75) is 13.0 Å². The number of benzene rings is 2. The Hall–Kier alpha value is -3.53. The molecule has 0 spiro atoms. The molecule has 0 N–H and O–H groups in total. The van der Waals surface area contributed by atoms with Crippen LogP contribution in [0, 0.1) is 6.92 Å². The van der Waals surface area contributed by atoms with Crippen LogP contribution in [-0.2, 0) is 0 Å². The van der Waals surface area contributed by atoms with Gasteiger partial charge in [0.15, 0.2) is 0 Å². The molecule has 138 valence electrons. The van der Waals surface area contributed by atoms with Gasteiger partial charge in [-0.05, 0) is 36.8 Å². The molecule has 1 unspecified atom stereocenters. The minimum Gasteiger partial charge on any atom is -0.329 e. The minimum absolute atomic E-state index is 0.0544. The van der Waals surface area contributed by atoms with Crippen LogP contribution in [0.1, 0.15) is 33.4 Å². The maximum atomic E-state index is 13.6. The molecule has 1 atom stereocenters. The average Bonchev–Trinajstić information content (AvgIpc) is 2.74. The van der Waals surface area contributed by atoms with E-state index in [0.29, 0.717) is 5.56 Å². The molecular weight excluding hydrogens is 346 g/mol. The van der Waals surface area contributed by atoms with Crippen molar-refractivity contribution in [3.8, 4) is 0 Å². The quantitative estimate of drug-likeness (QED) is 0.520. The van der Waals surface area contributed by atoms with Gasteiger partial charge in [-0.1, -0.05) is 54.6 Å². The summed E-state index contributed by atoms with van der Waals surface area (Å²) in [4.78, 5) is 24.4. The van der Waals surface area contributed by atoms with E-state index in [-0.39, 0.29) is 11.9 Å². The fourth-order valence-electron chi connectivity index (χ4n) is 3.56. The molecule has 0 radical (unpaired) electrons. The number of carbonyl (C=O) groups excluding carboxylic acids is 1. The zero-order valence-corrected chi connectivity index (χ0v) is 15.9. The smallest absolute Gasteiger partial charge is 0.255 e. The van der Waals surface area contributed by atoms with E-state index in [2.05, 4.69) is 9.97 Å². The van der Waals surface area contributed by atoms with E-state index in [0.717, 1.165) is 27.9 Å². The molecule has 2 aromatic heterocycles. The fourth-order valence-corrected chi connectivity index (χ4v) is 3.56. The fraction of sp³-hybridized carbons (Fsp3) is 0.125. The highest BCUT2D eigenvalue weighted by molar-refractivity contribution is 6.06. The molecule has 0 bridgehead atoms. The van der Waals surface area contributed by atoms with E-state index in [1.807, 2.05) is 92.8 Å². The number of amides is 1. The van der Waals surface area contributed by atoms with Crippen LogP contribution in [0.4, 0.5) is 0 Å². The summed E-state index contributed by atoms with van der Waals surface area (Å²) < 4.78 is 0. The Balaban J connectivity index is 1.82. The first-order valence-electron chi connectivity index (χ1n) is 9.24. The highest BCUT2D eigenvalue weighted by atomic mass is 16.2. The van der Waals surface area contributed by atoms with Crippen molar-refractivity contribution in [1.82, 2.24) is 14.9 Å². The zero-order valence-electron chi connectivity index (χ0n) is 15.9. The normalized spacial score (nSPS) is 11.9. The topological polar surface area (TPSA) is 46.1 Å². The summed E-state index contributed by atoms with van der Waals surface area (Å²) in [6.07, 6.45) is 1.76. The largest absolute Gasteiger partial charge is 0.329 e. The molecule has 0 aliphatic heterocycles. The molecule has 2 aromatic carbocycles. The lowest BCUT2D eigenvalue weighted by atomic mass is 9.99. The van der Waals surface area contributed by atoms with Crippen LogP contribution in [-0.4, -0.2) is 27.8 Å². The van der Waals surface area contributed by atoms with Crippen LogP contribution in [0.2, 0.25) is 0 Å². The number of rotatable bonds is 4. The maximum Gasteiger partial charge on any atom is 0.255 e. The summed E-state index contributed by atoms with van der Waals surface area (Å²) in [5.41, 5.74) is 4.16. The molecule has 4 nitrogen and oxygen atoms in total. The van der Waals surface area contributed by atoms with Crippen molar-refractivity contribution in [2.24, 2.45) is 0 Å². The predicted octanol–water partition coefficient (Wildman–Crippen LogP) is 4.80. The van der Waals surface area contributed by atoms with Gasteiger partial charge in [-0.2, -0.15) is 0 Å². The van der Waals surface area contributed by atoms with Gasteiger partial charge < -0.3 is 4.90 Å². The highest BCUT2D eigenvalue weighted by Gasteiger charge is 2.26. The summed E-state index contributed by atoms with van der Waals surface area (Å²) in [6.45, 7) is 1.91. The van der Waals surface area contributed by atoms with Crippen molar-refractivity contribution < 1.29 is 4.79 Å². The number of para-hydroxylation sites is 1. The first-order valence-corrected chi connectivity index (χ1v) is 9.24. The number of pyridine rings is 2. The summed E-state index contributed by atoms with van der Waals surface area (Å²) in [5.74, 6) is -0.0544. The van der Waals surface area contributed by atoms with Crippen molar-refractivity contribution in [3.05, 3.63) is 108 Å². The lowest BCUT2D eigenvalue weighted by Gasteiger charge is -2.29. The van der Waals surface area contributed by atoms with Gasteiger partial charge in [-0.3, -0.25) is 14.8 Å². The van der Waals surface area contributed by atoms with Gasteiger partial charge in [0.2, 0.25) is 0 Å². The van der Waals surface area contributed by atoms with Gasteiger partial charge in [-0.25, -0.2) is 0 Å². The van der Waals surface area contributed by atoms with E-state index in [4.69, 9.17) is 0 Å². The van der Waals surface area contributed by atoms with E-state index < -0.39 is 0 Å². The molecular formula is C24H21N3O. The molecule has 4 rings (SSSR count). The van der Waals surface area contributed by atoms with Gasteiger partial charge >= 0.3 is 0 Å². The van der Waals surface area contributed by atoms with E-state index >= 15 is 0 Å². The maximum absolute atomic E-state index is 13.6. The van der Waals surface area contributed by atoms with Crippen LogP contribution in [0.3, 0.4) is 0 Å². The van der Waals surface area contributed by atoms with Crippen molar-refractivity contribution in [2.75, 3.05) is 7.05 Å². The summed E-state index contributed by atoms with van der Waals surface area (Å²) in [7, 11) is 1.83. The van der Waals surface area contributed by atoms with Crippen LogP contribution >= 0.6 is 0 Å². The van der Waals surface area contributed by atoms with Crippen LogP contribution in [0.5, 0.6) is 0 Å². The third-order valence-electron chi connectivity index (χ3n) is 4.87. The van der Waals surface area contributed by atoms with Crippen molar-refractivity contribution in [3.63, 3.8) is 0 Å². The standard InChI is InChI=1S/C24H21N3O/c1-17-16-20(19-12-6-7-13-21(19)26-17)24(28)27(2)23(18-10-4-3-5-11-18)22-14-8-9-15-25-22/h3-16,23H,1-2H3. The van der Waals surface area contributed by atoms with E-state index in [9.17, 15) is 4.79 Å². The number of carbonyl (C=O) groups is 1. The Morgan fingerprint density at radius 1 is 0.929 bits per heavy atom. The Bertz CT molecular complexity index is 1070. The van der Waals surface area contributed by atoms with E-state index in [1.165, 1.54) is 0 Å². The second kappa shape index (κ2) is 7.61. The molecule has 1 amide bonds. The van der Waals surface area contributed by atoms with Gasteiger partial charge in [-0.15, -0.1) is 0 Å². The number of aromatic nitrogens is 2. The highest BCUT2D eigenvalue weighted by Crippen LogP contribution is 2.29. The number of fused-ring (bicyclic) bond motifs is 1. The number of hydrogen-bond acceptors (Lipinski definition) is 3. The third-order valence-corrected chi connectivity index (χ3v) is 4.87. The van der Waals surface area contributed by atoms with E-state index in [1.54, 1.807) is 11.1 Å². The van der Waals surface area contributed by atoms with Crippen molar-refractivity contribution >= 4 is 16.8 Å². The zero-order chi connectivity index (χ0) is 19.5. The first kappa shape index (κ1) is 17.9. The minimum atomic E-state index is -0.276. The Kier molecular flexibility index (Phi) is 4.85. The molecule has 0 saturated heterocycles. The first-order chi connectivity index (χ1) is 13.6. The Morgan fingerprint density at radius 2 is 1.64 bits per heavy atom. The summed E-state index contributed by atoms with van der Waals surface area (Å²) in [5, 5.41) is 0.859. The van der Waals surface area contributed by atoms with Crippen LogP contribution in [0.15, 0.2) is 85.1 Å². The van der Waals surface area contributed by atoms with Crippen molar-refractivity contribution in [1.29, 1.82) is 0 Å². The molecule has 28 heavy (non-hydrogen) atoms. The third kappa shape index (κ3) is 3.37. The monoisotopic (exact) mass is 367 g/mol. The lowest BCUT2D eigenvalue weighted by Crippen LogP contribution is -2.32. The second-order valence-corrected chi connectivity index (χ2v) is 6.81. The molecule has 4 heteroatoms. The van der Waals surface area contributed by atoms with Gasteiger partial charge in [0, 0.05) is 24.3 Å². The Morgan fingerprint density at radius 3 is 2.39 bits per heavy atom. The summed E-state index contributed by atoms with van der Waals surface area (Å²) in [6, 6.07) is 25.1. The average molecular weight is 367 g/mol. The SMILES string of the molecule is Cc1cc(C(=O)N(C)C(c2ccccc2)c2ccccn2)c2ccccc2n1. The lowest BCUT2D eigenvalue weighted by molar-refractivity contribution is 0.0754. The van der Waals surface area contributed by atoms with Crippen LogP contribution in [0.25, 0.3) is 10.9 Å². The molecule has 0 fully saturated rings. The molecule has 0 aliphatic carbocycles. The molecule has 2 heterocycles. The Labute approximate surface area is 164 Å². The number of hydrogen-bond donors (Lipinski definition) is 0. The second-order valence-electron chi connectivity index (χ2n) is 6.81. The molecule has 0 aliphatic rings. The van der Waals surface area contributed by atoms with Gasteiger partial charge in [0.05, 0.1) is 22.8 Å². The molecule has 4 aromatic rings. The summed E-state index contributed by atoms with van der Waals surface area (Å²) >= 11 is 0. The molecule has 0 saturated carbocycles. The number of nitrogens with zero attached hydrogens (tertiary/aromatic N) is 3. The predicted molar refractivity (Wildman–Crippen MR) is 111 cm³/mol. The van der Waals surface area contributed by atoms with Gasteiger partial charge in [0.25, 0.3) is 5.91 Å². The van der Waals surface area contributed by atoms with Gasteiger partial charge in [0.1, 0.15) is 0 Å². The van der Waals surface area contributed by atoms with Crippen LogP contribution < -0.4 is 0 Å². The number of aryl methyl sites for hydroxylation is 1.